The van der Waals surface area contributed by atoms with Crippen LogP contribution in [0.1, 0.15) is 69.8 Å². The van der Waals surface area contributed by atoms with Crippen molar-refractivity contribution in [2.24, 2.45) is 0 Å². The van der Waals surface area contributed by atoms with Crippen LogP contribution < -0.4 is 0 Å². The molecule has 316 valence electrons. The van der Waals surface area contributed by atoms with Gasteiger partial charge >= 0.3 is 0 Å². The maximum absolute atomic E-state index is 10.7. The molecule has 9 aromatic rings. The van der Waals surface area contributed by atoms with Gasteiger partial charge in [0.1, 0.15) is 0 Å². The van der Waals surface area contributed by atoms with E-state index in [0.717, 1.165) is 23.1 Å². The Balaban J connectivity index is 1.04. The van der Waals surface area contributed by atoms with Gasteiger partial charge in [0.2, 0.25) is 17.2 Å². The first-order chi connectivity index (χ1) is 31.6. The second-order valence-corrected chi connectivity index (χ2v) is 18.0. The van der Waals surface area contributed by atoms with Gasteiger partial charge in [-0.2, -0.15) is 0 Å². The molecule has 0 bridgehead atoms. The fourth-order valence-corrected chi connectivity index (χ4v) is 11.0. The zero-order valence-electron chi connectivity index (χ0n) is 36.0. The second kappa shape index (κ2) is 15.1. The van der Waals surface area contributed by atoms with E-state index in [0.29, 0.717) is 5.56 Å². The molecule has 11 rings (SSSR count). The van der Waals surface area contributed by atoms with E-state index in [1.165, 1.54) is 66.8 Å². The number of phenolic OH excluding ortho intramolecular Hbond substituents is 5. The summed E-state index contributed by atoms with van der Waals surface area (Å²) in [6, 6.07) is 69.4. The third kappa shape index (κ3) is 6.07. The first-order valence-electron chi connectivity index (χ1n) is 22.1. The van der Waals surface area contributed by atoms with Crippen LogP contribution in [0, 0.1) is 0 Å². The van der Waals surface area contributed by atoms with Crippen LogP contribution in [0.2, 0.25) is 0 Å². The Morgan fingerprint density at radius 1 is 0.369 bits per heavy atom. The molecular weight excluding hydrogens is 801 g/mol. The molecule has 0 saturated heterocycles. The van der Waals surface area contributed by atoms with E-state index in [1.54, 1.807) is 18.2 Å². The largest absolute Gasteiger partial charge is 0.504 e. The lowest BCUT2D eigenvalue weighted by atomic mass is 9.67. The summed E-state index contributed by atoms with van der Waals surface area (Å²) in [5.41, 5.74) is 17.6. The van der Waals surface area contributed by atoms with Crippen LogP contribution in [0.15, 0.2) is 194 Å². The molecule has 9 aromatic carbocycles. The average Bonchev–Trinajstić information content (AvgIpc) is 3.78. The molecule has 0 heterocycles. The lowest BCUT2D eigenvalue weighted by Crippen LogP contribution is -2.28. The second-order valence-electron chi connectivity index (χ2n) is 18.0. The maximum Gasteiger partial charge on any atom is 0.208 e. The Morgan fingerprint density at radius 3 is 1.54 bits per heavy atom. The van der Waals surface area contributed by atoms with Crippen LogP contribution in [-0.4, -0.2) is 25.5 Å². The van der Waals surface area contributed by atoms with Crippen LogP contribution in [0.5, 0.6) is 28.7 Å². The molecule has 1 atom stereocenters. The van der Waals surface area contributed by atoms with Gasteiger partial charge in [-0.05, 0) is 102 Å². The Bertz CT molecular complexity index is 3250. The molecule has 0 saturated carbocycles. The molecule has 0 fully saturated rings. The summed E-state index contributed by atoms with van der Waals surface area (Å²) in [7, 11) is 0. The highest BCUT2D eigenvalue weighted by Crippen LogP contribution is 2.57. The van der Waals surface area contributed by atoms with Crippen molar-refractivity contribution >= 4 is 0 Å². The molecule has 5 heteroatoms. The van der Waals surface area contributed by atoms with Gasteiger partial charge in [-0.25, -0.2) is 0 Å². The molecule has 0 aromatic heterocycles. The molecule has 0 radical (unpaired) electrons. The lowest BCUT2D eigenvalue weighted by molar-refractivity contribution is 0.330. The summed E-state index contributed by atoms with van der Waals surface area (Å²) in [5, 5.41) is 51.9. The molecule has 0 aliphatic heterocycles. The van der Waals surface area contributed by atoms with Gasteiger partial charge in [0.15, 0.2) is 11.5 Å². The Kier molecular flexibility index (Phi) is 9.23. The fraction of sp³-hybridized carbons (Fsp3) is 0.100. The van der Waals surface area contributed by atoms with E-state index < -0.39 is 34.2 Å². The molecule has 5 N–H and O–H groups in total. The molecular formula is C60H46O5. The van der Waals surface area contributed by atoms with Crippen molar-refractivity contribution in [2.45, 2.75) is 37.0 Å². The highest BCUT2D eigenvalue weighted by atomic mass is 16.4. The van der Waals surface area contributed by atoms with Crippen molar-refractivity contribution in [3.05, 3.63) is 244 Å². The topological polar surface area (TPSA) is 101 Å². The molecule has 0 amide bonds. The minimum absolute atomic E-state index is 0.00850. The quantitative estimate of drug-likeness (QED) is 0.0775. The summed E-state index contributed by atoms with van der Waals surface area (Å²) in [6.45, 7) is 4.64. The molecule has 0 unspecified atom stereocenters. The minimum Gasteiger partial charge on any atom is -0.504 e. The summed E-state index contributed by atoms with van der Waals surface area (Å²) >= 11 is 0. The van der Waals surface area contributed by atoms with Crippen molar-refractivity contribution in [3.8, 4) is 73.3 Å². The normalized spacial score (nSPS) is 14.2. The van der Waals surface area contributed by atoms with Crippen LogP contribution in [0.4, 0.5) is 0 Å². The molecule has 5 nitrogen and oxygen atoms in total. The number of rotatable bonds is 8. The van der Waals surface area contributed by atoms with Crippen LogP contribution in [-0.2, 0) is 17.3 Å². The van der Waals surface area contributed by atoms with Crippen LogP contribution >= 0.6 is 0 Å². The van der Waals surface area contributed by atoms with Crippen LogP contribution in [0.25, 0.3) is 44.5 Å². The smallest absolute Gasteiger partial charge is 0.208 e. The number of hydrogen-bond donors (Lipinski definition) is 5. The van der Waals surface area contributed by atoms with Gasteiger partial charge < -0.3 is 25.5 Å². The highest BCUT2D eigenvalue weighted by molar-refractivity contribution is 5.88. The molecule has 65 heavy (non-hydrogen) atoms. The van der Waals surface area contributed by atoms with E-state index in [1.807, 2.05) is 6.07 Å². The predicted molar refractivity (Wildman–Crippen MR) is 259 cm³/mol. The number of aromatic hydroxyl groups is 5. The zero-order valence-corrected chi connectivity index (χ0v) is 36.0. The Hall–Kier alpha value is -8.02. The SMILES string of the molecule is CC1(C)c2ccccc2-c2cc([C@H](Cc3ccc(-c4cccc(-c5c(O)c(O)c(O)c(O)c5O)c4)cc3)c3cccc(C4(c5ccccc5)c5ccccc5-c5ccccc54)c3)ccc21. The van der Waals surface area contributed by atoms with E-state index in [4.69, 9.17) is 0 Å². The van der Waals surface area contributed by atoms with Gasteiger partial charge in [-0.1, -0.05) is 202 Å². The number of hydrogen-bond acceptors (Lipinski definition) is 5. The lowest BCUT2D eigenvalue weighted by Gasteiger charge is -2.34. The standard InChI is InChI=1S/C60H46O5/c1-59(2)49-23-9-6-22-46(49)48-35-40(30-31-50(48)59)47(32-36-26-28-37(29-27-36)38-14-12-16-41(33-38)53-54(61)56(63)58(65)57(64)55(53)62)39-15-13-19-43(34-39)60(42-17-4-3-5-18-42)51-24-10-7-20-44(51)45-21-8-11-25-52(45)60/h3-31,33-35,47,61-65H,32H2,1-2H3/t47-/m1/s1. The van der Waals surface area contributed by atoms with Gasteiger partial charge in [0.25, 0.3) is 0 Å². The van der Waals surface area contributed by atoms with Crippen molar-refractivity contribution in [2.75, 3.05) is 0 Å². The number of benzene rings is 9. The van der Waals surface area contributed by atoms with Crippen molar-refractivity contribution in [3.63, 3.8) is 0 Å². The summed E-state index contributed by atoms with van der Waals surface area (Å²) < 4.78 is 0. The Labute approximate surface area is 378 Å². The third-order valence-electron chi connectivity index (χ3n) is 14.1. The zero-order chi connectivity index (χ0) is 44.6. The number of phenols is 5. The van der Waals surface area contributed by atoms with Gasteiger partial charge in [0.05, 0.1) is 11.0 Å². The molecule has 2 aliphatic rings. The van der Waals surface area contributed by atoms with Crippen molar-refractivity contribution < 1.29 is 25.5 Å². The van der Waals surface area contributed by atoms with E-state index in [9.17, 15) is 25.5 Å². The summed E-state index contributed by atoms with van der Waals surface area (Å²) in [5.74, 6) is -4.26. The van der Waals surface area contributed by atoms with Gasteiger partial charge in [0, 0.05) is 11.3 Å². The van der Waals surface area contributed by atoms with E-state index in [2.05, 4.69) is 184 Å². The predicted octanol–water partition coefficient (Wildman–Crippen LogP) is 13.6. The first kappa shape index (κ1) is 39.8. The molecule has 0 spiro atoms. The monoisotopic (exact) mass is 846 g/mol. The third-order valence-corrected chi connectivity index (χ3v) is 14.1. The van der Waals surface area contributed by atoms with Crippen molar-refractivity contribution in [1.82, 2.24) is 0 Å². The molecule has 2 aliphatic carbocycles. The summed E-state index contributed by atoms with van der Waals surface area (Å²) in [4.78, 5) is 0. The average molecular weight is 847 g/mol. The van der Waals surface area contributed by atoms with Crippen LogP contribution in [0.3, 0.4) is 0 Å². The van der Waals surface area contributed by atoms with Gasteiger partial charge in [-0.15, -0.1) is 0 Å². The highest BCUT2D eigenvalue weighted by Gasteiger charge is 2.46. The first-order valence-corrected chi connectivity index (χ1v) is 22.1. The van der Waals surface area contributed by atoms with Gasteiger partial charge in [-0.3, -0.25) is 0 Å². The van der Waals surface area contributed by atoms with Crippen molar-refractivity contribution in [1.29, 1.82) is 0 Å². The Morgan fingerprint density at radius 2 is 0.877 bits per heavy atom. The maximum atomic E-state index is 10.7. The fourth-order valence-electron chi connectivity index (χ4n) is 11.0. The summed E-state index contributed by atoms with van der Waals surface area (Å²) in [6.07, 6.45) is 0.729. The minimum atomic E-state index is -0.987. The van der Waals surface area contributed by atoms with E-state index >= 15 is 0 Å². The van der Waals surface area contributed by atoms with E-state index in [-0.39, 0.29) is 16.9 Å². The number of fused-ring (bicyclic) bond motifs is 6.